The van der Waals surface area contributed by atoms with E-state index in [0.717, 1.165) is 12.0 Å². The molecule has 6 nitrogen and oxygen atoms in total. The SMILES string of the molecule is O=C(O)CCC(Cc1ccccc1)NS(=O)(=O)C1CCCOC1. The molecule has 0 radical (unpaired) electrons. The summed E-state index contributed by atoms with van der Waals surface area (Å²) in [7, 11) is -3.52. The molecule has 1 heterocycles. The van der Waals surface area contributed by atoms with Crippen molar-refractivity contribution in [3.8, 4) is 0 Å². The molecule has 0 aliphatic carbocycles. The molecule has 1 aromatic carbocycles. The first-order valence-electron chi connectivity index (χ1n) is 7.82. The predicted molar refractivity (Wildman–Crippen MR) is 86.7 cm³/mol. The van der Waals surface area contributed by atoms with Crippen LogP contribution < -0.4 is 4.72 Å². The third-order valence-electron chi connectivity index (χ3n) is 3.92. The van der Waals surface area contributed by atoms with Crippen LogP contribution in [-0.2, 0) is 26.0 Å². The molecular formula is C16H23NO5S. The monoisotopic (exact) mass is 341 g/mol. The van der Waals surface area contributed by atoms with Crippen LogP contribution in [0.5, 0.6) is 0 Å². The van der Waals surface area contributed by atoms with Crippen LogP contribution in [0, 0.1) is 0 Å². The van der Waals surface area contributed by atoms with Crippen molar-refractivity contribution in [2.45, 2.75) is 43.4 Å². The Morgan fingerprint density at radius 1 is 1.35 bits per heavy atom. The average molecular weight is 341 g/mol. The van der Waals surface area contributed by atoms with Crippen molar-refractivity contribution >= 4 is 16.0 Å². The lowest BCUT2D eigenvalue weighted by atomic mass is 10.0. The van der Waals surface area contributed by atoms with Gasteiger partial charge in [-0.3, -0.25) is 4.79 Å². The molecule has 1 aliphatic heterocycles. The van der Waals surface area contributed by atoms with E-state index in [0.29, 0.717) is 19.4 Å². The summed E-state index contributed by atoms with van der Waals surface area (Å²) in [5.74, 6) is -0.928. The van der Waals surface area contributed by atoms with Gasteiger partial charge in [-0.1, -0.05) is 30.3 Å². The minimum absolute atomic E-state index is 0.0683. The molecule has 2 rings (SSSR count). The standard InChI is InChI=1S/C16H23NO5S/c18-16(19)9-8-14(11-13-5-2-1-3-6-13)17-23(20,21)15-7-4-10-22-12-15/h1-3,5-6,14-15,17H,4,7-12H2,(H,18,19). The fourth-order valence-electron chi connectivity index (χ4n) is 2.68. The Hall–Kier alpha value is -1.44. The maximum Gasteiger partial charge on any atom is 0.303 e. The average Bonchev–Trinajstić information content (AvgIpc) is 2.54. The van der Waals surface area contributed by atoms with E-state index in [4.69, 9.17) is 9.84 Å². The smallest absolute Gasteiger partial charge is 0.303 e. The van der Waals surface area contributed by atoms with Crippen molar-refractivity contribution in [1.29, 1.82) is 0 Å². The van der Waals surface area contributed by atoms with Gasteiger partial charge < -0.3 is 9.84 Å². The Morgan fingerprint density at radius 3 is 2.70 bits per heavy atom. The summed E-state index contributed by atoms with van der Waals surface area (Å²) in [5.41, 5.74) is 0.977. The Morgan fingerprint density at radius 2 is 2.09 bits per heavy atom. The summed E-state index contributed by atoms with van der Waals surface area (Å²) in [6, 6.07) is 9.04. The molecule has 23 heavy (non-hydrogen) atoms. The van der Waals surface area contributed by atoms with Crippen LogP contribution in [0.3, 0.4) is 0 Å². The Bertz CT molecular complexity index is 596. The molecule has 0 bridgehead atoms. The number of carboxylic acid groups (broad SMARTS) is 1. The lowest BCUT2D eigenvalue weighted by molar-refractivity contribution is -0.137. The van der Waals surface area contributed by atoms with Gasteiger partial charge in [0.15, 0.2) is 0 Å². The molecule has 128 valence electrons. The number of sulfonamides is 1. The summed E-state index contributed by atoms with van der Waals surface area (Å²) < 4.78 is 32.9. The van der Waals surface area contributed by atoms with Crippen LogP contribution in [-0.4, -0.2) is 44.0 Å². The van der Waals surface area contributed by atoms with Crippen molar-refractivity contribution in [3.63, 3.8) is 0 Å². The largest absolute Gasteiger partial charge is 0.481 e. The van der Waals surface area contributed by atoms with Gasteiger partial charge in [-0.05, 0) is 31.2 Å². The summed E-state index contributed by atoms with van der Waals surface area (Å²) in [4.78, 5) is 10.8. The van der Waals surface area contributed by atoms with E-state index in [1.807, 2.05) is 30.3 Å². The molecule has 1 aromatic rings. The summed E-state index contributed by atoms with van der Waals surface area (Å²) in [5, 5.41) is 8.32. The lowest BCUT2D eigenvalue weighted by Gasteiger charge is -2.26. The fourth-order valence-corrected chi connectivity index (χ4v) is 4.29. The van der Waals surface area contributed by atoms with Gasteiger partial charge in [0.2, 0.25) is 10.0 Å². The molecule has 0 saturated carbocycles. The number of hydrogen-bond donors (Lipinski definition) is 2. The van der Waals surface area contributed by atoms with E-state index >= 15 is 0 Å². The van der Waals surface area contributed by atoms with Gasteiger partial charge in [-0.25, -0.2) is 13.1 Å². The number of benzene rings is 1. The number of carboxylic acids is 1. The van der Waals surface area contributed by atoms with Crippen molar-refractivity contribution in [2.75, 3.05) is 13.2 Å². The number of rotatable bonds is 8. The van der Waals surface area contributed by atoms with E-state index in [-0.39, 0.29) is 19.4 Å². The number of nitrogens with one attached hydrogen (secondary N) is 1. The second-order valence-electron chi connectivity index (χ2n) is 5.82. The second-order valence-corrected chi connectivity index (χ2v) is 7.81. The zero-order chi connectivity index (χ0) is 16.7. The zero-order valence-corrected chi connectivity index (χ0v) is 13.8. The highest BCUT2D eigenvalue weighted by Gasteiger charge is 2.30. The molecule has 2 unspecified atom stereocenters. The molecule has 0 amide bonds. The van der Waals surface area contributed by atoms with Crippen LogP contribution >= 0.6 is 0 Å². The molecule has 7 heteroatoms. The third kappa shape index (κ3) is 5.93. The lowest BCUT2D eigenvalue weighted by Crippen LogP contribution is -2.45. The number of carbonyl (C=O) groups is 1. The Labute approximate surface area is 136 Å². The summed E-state index contributed by atoms with van der Waals surface area (Å²) in [6.07, 6.45) is 1.97. The van der Waals surface area contributed by atoms with Gasteiger partial charge in [-0.15, -0.1) is 0 Å². The molecule has 1 aliphatic rings. The van der Waals surface area contributed by atoms with Crippen LogP contribution in [0.1, 0.15) is 31.2 Å². The minimum atomic E-state index is -3.52. The van der Waals surface area contributed by atoms with Crippen LogP contribution in [0.2, 0.25) is 0 Å². The van der Waals surface area contributed by atoms with E-state index in [2.05, 4.69) is 4.72 Å². The molecule has 2 N–H and O–H groups in total. The summed E-state index contributed by atoms with van der Waals surface area (Å²) in [6.45, 7) is 0.796. The molecule has 2 atom stereocenters. The minimum Gasteiger partial charge on any atom is -0.481 e. The quantitative estimate of drug-likeness (QED) is 0.748. The maximum atomic E-state index is 12.5. The normalized spacial score (nSPS) is 20.1. The molecule has 1 fully saturated rings. The highest BCUT2D eigenvalue weighted by Crippen LogP contribution is 2.16. The molecule has 1 saturated heterocycles. The first-order valence-corrected chi connectivity index (χ1v) is 9.36. The molecule has 0 aromatic heterocycles. The highest BCUT2D eigenvalue weighted by molar-refractivity contribution is 7.90. The number of hydrogen-bond acceptors (Lipinski definition) is 4. The zero-order valence-electron chi connectivity index (χ0n) is 13.0. The third-order valence-corrected chi connectivity index (χ3v) is 5.83. The first kappa shape index (κ1) is 17.9. The maximum absolute atomic E-state index is 12.5. The van der Waals surface area contributed by atoms with E-state index in [1.165, 1.54) is 0 Å². The van der Waals surface area contributed by atoms with Crippen molar-refractivity contribution in [2.24, 2.45) is 0 Å². The molecular weight excluding hydrogens is 318 g/mol. The van der Waals surface area contributed by atoms with E-state index in [9.17, 15) is 13.2 Å². The molecule has 0 spiro atoms. The van der Waals surface area contributed by atoms with Crippen molar-refractivity contribution in [1.82, 2.24) is 4.72 Å². The van der Waals surface area contributed by atoms with Gasteiger partial charge in [0.1, 0.15) is 0 Å². The topological polar surface area (TPSA) is 92.7 Å². The van der Waals surface area contributed by atoms with Crippen LogP contribution in [0.15, 0.2) is 30.3 Å². The van der Waals surface area contributed by atoms with Crippen LogP contribution in [0.25, 0.3) is 0 Å². The van der Waals surface area contributed by atoms with Gasteiger partial charge in [0.05, 0.1) is 11.9 Å². The van der Waals surface area contributed by atoms with Crippen LogP contribution in [0.4, 0.5) is 0 Å². The predicted octanol–water partition coefficient (Wildman–Crippen LogP) is 1.56. The van der Waals surface area contributed by atoms with Gasteiger partial charge in [0, 0.05) is 19.1 Å². The second kappa shape index (κ2) is 8.42. The van der Waals surface area contributed by atoms with Crippen molar-refractivity contribution < 1.29 is 23.1 Å². The Kier molecular flexibility index (Phi) is 6.56. The van der Waals surface area contributed by atoms with Gasteiger partial charge in [-0.2, -0.15) is 0 Å². The Balaban J connectivity index is 2.04. The van der Waals surface area contributed by atoms with Crippen molar-refractivity contribution in [3.05, 3.63) is 35.9 Å². The van der Waals surface area contributed by atoms with Gasteiger partial charge >= 0.3 is 5.97 Å². The van der Waals surface area contributed by atoms with Gasteiger partial charge in [0.25, 0.3) is 0 Å². The number of ether oxygens (including phenoxy) is 1. The first-order chi connectivity index (χ1) is 11.0. The highest BCUT2D eigenvalue weighted by atomic mass is 32.2. The van der Waals surface area contributed by atoms with E-state index < -0.39 is 27.3 Å². The summed E-state index contributed by atoms with van der Waals surface area (Å²) >= 11 is 0. The van der Waals surface area contributed by atoms with E-state index in [1.54, 1.807) is 0 Å². The fraction of sp³-hybridized carbons (Fsp3) is 0.562. The number of aliphatic carboxylic acids is 1.